The van der Waals surface area contributed by atoms with Gasteiger partial charge in [0.05, 0.1) is 5.39 Å². The smallest absolute Gasteiger partial charge is 0.183 e. The van der Waals surface area contributed by atoms with E-state index in [1.165, 1.54) is 0 Å². The SMILES string of the molecule is Cc1cccnc1-n1c(C)c(C)c2c1ncn1nc(-c3ccccc3Br)nc21. The van der Waals surface area contributed by atoms with E-state index in [1.807, 2.05) is 36.5 Å². The predicted molar refractivity (Wildman–Crippen MR) is 113 cm³/mol. The molecule has 0 atom stereocenters. The normalized spacial score (nSPS) is 11.6. The van der Waals surface area contributed by atoms with Gasteiger partial charge in [0.25, 0.3) is 0 Å². The number of halogens is 1. The number of hydrogen-bond acceptors (Lipinski definition) is 4. The summed E-state index contributed by atoms with van der Waals surface area (Å²) in [5, 5.41) is 5.65. The molecule has 0 fully saturated rings. The van der Waals surface area contributed by atoms with E-state index >= 15 is 0 Å². The molecule has 1 aromatic carbocycles. The zero-order valence-electron chi connectivity index (χ0n) is 15.7. The Bertz CT molecular complexity index is 1360. The Kier molecular flexibility index (Phi) is 3.80. The van der Waals surface area contributed by atoms with Crippen LogP contribution in [0.3, 0.4) is 0 Å². The average molecular weight is 433 g/mol. The molecule has 0 aliphatic heterocycles. The molecule has 0 amide bonds. The molecule has 5 rings (SSSR count). The van der Waals surface area contributed by atoms with Gasteiger partial charge >= 0.3 is 0 Å². The standard InChI is InChI=1S/C21H17BrN6/c1-12-7-6-10-23-19(12)28-14(3)13(2)17-20(28)24-11-27-21(17)25-18(26-27)15-8-4-5-9-16(15)22/h4-11H,1-3H3. The van der Waals surface area contributed by atoms with E-state index in [9.17, 15) is 0 Å². The van der Waals surface area contributed by atoms with E-state index in [4.69, 9.17) is 9.97 Å². The summed E-state index contributed by atoms with van der Waals surface area (Å²) in [6.07, 6.45) is 3.53. The van der Waals surface area contributed by atoms with Crippen molar-refractivity contribution in [3.8, 4) is 17.2 Å². The lowest BCUT2D eigenvalue weighted by atomic mass is 10.2. The molecule has 0 saturated heterocycles. The van der Waals surface area contributed by atoms with Crippen molar-refractivity contribution in [2.75, 3.05) is 0 Å². The fourth-order valence-corrected chi connectivity index (χ4v) is 4.05. The molecule has 0 bridgehead atoms. The first-order valence-electron chi connectivity index (χ1n) is 8.96. The molecule has 0 radical (unpaired) electrons. The van der Waals surface area contributed by atoms with Crippen LogP contribution in [0.15, 0.2) is 53.4 Å². The maximum absolute atomic E-state index is 4.85. The number of pyridine rings is 1. The second kappa shape index (κ2) is 6.24. The molecule has 4 aromatic heterocycles. The minimum absolute atomic E-state index is 0.667. The molecular weight excluding hydrogens is 416 g/mol. The van der Waals surface area contributed by atoms with Crippen LogP contribution in [0.2, 0.25) is 0 Å². The van der Waals surface area contributed by atoms with Gasteiger partial charge in [-0.15, -0.1) is 5.10 Å². The molecule has 0 N–H and O–H groups in total. The quantitative estimate of drug-likeness (QED) is 0.401. The summed E-state index contributed by atoms with van der Waals surface area (Å²) in [6, 6.07) is 12.0. The molecule has 0 aliphatic rings. The van der Waals surface area contributed by atoms with E-state index in [2.05, 4.69) is 57.4 Å². The van der Waals surface area contributed by atoms with E-state index in [0.29, 0.717) is 5.82 Å². The van der Waals surface area contributed by atoms with Crippen molar-refractivity contribution in [3.63, 3.8) is 0 Å². The van der Waals surface area contributed by atoms with Gasteiger partial charge in [-0.05, 0) is 50.1 Å². The highest BCUT2D eigenvalue weighted by molar-refractivity contribution is 9.10. The van der Waals surface area contributed by atoms with Gasteiger partial charge in [-0.2, -0.15) is 0 Å². The van der Waals surface area contributed by atoms with Crippen molar-refractivity contribution in [2.24, 2.45) is 0 Å². The minimum atomic E-state index is 0.667. The van der Waals surface area contributed by atoms with Crippen LogP contribution >= 0.6 is 15.9 Å². The summed E-state index contributed by atoms with van der Waals surface area (Å²) in [4.78, 5) is 14.2. The highest BCUT2D eigenvalue weighted by Gasteiger charge is 2.20. The third-order valence-electron chi connectivity index (χ3n) is 5.14. The van der Waals surface area contributed by atoms with Crippen LogP contribution in [0.1, 0.15) is 16.8 Å². The maximum Gasteiger partial charge on any atom is 0.183 e. The number of hydrogen-bond donors (Lipinski definition) is 0. The summed E-state index contributed by atoms with van der Waals surface area (Å²) < 4.78 is 4.82. The average Bonchev–Trinajstić information content (AvgIpc) is 3.22. The Morgan fingerprint density at radius 3 is 2.54 bits per heavy atom. The van der Waals surface area contributed by atoms with Crippen LogP contribution < -0.4 is 0 Å². The zero-order chi connectivity index (χ0) is 19.4. The van der Waals surface area contributed by atoms with Crippen molar-refractivity contribution in [2.45, 2.75) is 20.8 Å². The lowest BCUT2D eigenvalue weighted by Crippen LogP contribution is -2.03. The van der Waals surface area contributed by atoms with Gasteiger partial charge in [-0.25, -0.2) is 19.5 Å². The van der Waals surface area contributed by atoms with Gasteiger partial charge in [0.15, 0.2) is 17.1 Å². The van der Waals surface area contributed by atoms with Crippen molar-refractivity contribution in [1.29, 1.82) is 0 Å². The first kappa shape index (κ1) is 17.1. The fourth-order valence-electron chi connectivity index (χ4n) is 3.59. The molecule has 0 saturated carbocycles. The highest BCUT2D eigenvalue weighted by Crippen LogP contribution is 2.32. The summed E-state index contributed by atoms with van der Waals surface area (Å²) >= 11 is 3.59. The molecule has 28 heavy (non-hydrogen) atoms. The number of nitrogens with zero attached hydrogens (tertiary/aromatic N) is 6. The van der Waals surface area contributed by atoms with Crippen LogP contribution in [0.25, 0.3) is 33.9 Å². The van der Waals surface area contributed by atoms with E-state index in [1.54, 1.807) is 10.8 Å². The Hall–Kier alpha value is -3.06. The van der Waals surface area contributed by atoms with Crippen molar-refractivity contribution >= 4 is 32.6 Å². The largest absolute Gasteiger partial charge is 0.282 e. The molecule has 6 nitrogen and oxygen atoms in total. The van der Waals surface area contributed by atoms with Gasteiger partial charge in [0.1, 0.15) is 12.1 Å². The molecule has 138 valence electrons. The summed E-state index contributed by atoms with van der Waals surface area (Å²) in [5.74, 6) is 1.56. The van der Waals surface area contributed by atoms with Crippen molar-refractivity contribution < 1.29 is 0 Å². The van der Waals surface area contributed by atoms with E-state index in [0.717, 1.165) is 49.4 Å². The Morgan fingerprint density at radius 1 is 0.929 bits per heavy atom. The topological polar surface area (TPSA) is 60.9 Å². The zero-order valence-corrected chi connectivity index (χ0v) is 17.3. The number of rotatable bonds is 2. The van der Waals surface area contributed by atoms with Crippen LogP contribution in [0.5, 0.6) is 0 Å². The molecular formula is C21H17BrN6. The van der Waals surface area contributed by atoms with Crippen LogP contribution in [0, 0.1) is 20.8 Å². The monoisotopic (exact) mass is 432 g/mol. The van der Waals surface area contributed by atoms with Gasteiger partial charge < -0.3 is 0 Å². The Morgan fingerprint density at radius 2 is 1.75 bits per heavy atom. The second-order valence-electron chi connectivity index (χ2n) is 6.82. The summed E-state index contributed by atoms with van der Waals surface area (Å²) in [5.41, 5.74) is 5.92. The molecule has 5 aromatic rings. The summed E-state index contributed by atoms with van der Waals surface area (Å²) in [7, 11) is 0. The van der Waals surface area contributed by atoms with Crippen LogP contribution in [0.4, 0.5) is 0 Å². The maximum atomic E-state index is 4.85. The first-order chi connectivity index (χ1) is 13.6. The lowest BCUT2D eigenvalue weighted by Gasteiger charge is -2.09. The van der Waals surface area contributed by atoms with E-state index in [-0.39, 0.29) is 0 Å². The molecule has 0 unspecified atom stereocenters. The number of aryl methyl sites for hydroxylation is 2. The van der Waals surface area contributed by atoms with Crippen LogP contribution in [-0.4, -0.2) is 29.1 Å². The highest BCUT2D eigenvalue weighted by atomic mass is 79.9. The molecule has 0 spiro atoms. The Labute approximate surface area is 170 Å². The minimum Gasteiger partial charge on any atom is -0.282 e. The molecule has 4 heterocycles. The third kappa shape index (κ3) is 2.39. The fraction of sp³-hybridized carbons (Fsp3) is 0.143. The Balaban J connectivity index is 1.84. The van der Waals surface area contributed by atoms with Gasteiger partial charge in [0, 0.05) is 21.9 Å². The third-order valence-corrected chi connectivity index (χ3v) is 5.83. The molecule has 7 heteroatoms. The summed E-state index contributed by atoms with van der Waals surface area (Å²) in [6.45, 7) is 6.25. The number of aromatic nitrogens is 6. The number of benzene rings is 1. The number of fused-ring (bicyclic) bond motifs is 3. The van der Waals surface area contributed by atoms with Gasteiger partial charge in [-0.3, -0.25) is 4.57 Å². The van der Waals surface area contributed by atoms with Crippen LogP contribution in [-0.2, 0) is 0 Å². The van der Waals surface area contributed by atoms with Gasteiger partial charge in [-0.1, -0.05) is 34.1 Å². The first-order valence-corrected chi connectivity index (χ1v) is 9.75. The lowest BCUT2D eigenvalue weighted by molar-refractivity contribution is 0.915. The van der Waals surface area contributed by atoms with E-state index < -0.39 is 0 Å². The predicted octanol–water partition coefficient (Wildman–Crippen LogP) is 4.82. The van der Waals surface area contributed by atoms with Gasteiger partial charge in [0.2, 0.25) is 0 Å². The van der Waals surface area contributed by atoms with Crippen molar-refractivity contribution in [1.82, 2.24) is 29.1 Å². The molecule has 0 aliphatic carbocycles. The second-order valence-corrected chi connectivity index (χ2v) is 7.67. The van der Waals surface area contributed by atoms with Crippen molar-refractivity contribution in [3.05, 3.63) is 70.2 Å².